The highest BCUT2D eigenvalue weighted by atomic mass is 16.3. The Bertz CT molecular complexity index is 1390. The minimum atomic E-state index is -0.484. The number of aromatic amines is 2. The smallest absolute Gasteiger partial charge is 0.326 e. The van der Waals surface area contributed by atoms with Crippen molar-refractivity contribution >= 4 is 11.7 Å². The Kier molecular flexibility index (Phi) is 4.02. The molecule has 3 heterocycles. The molecular weight excluding hydrogens is 370 g/mol. The molecule has 29 heavy (non-hydrogen) atoms. The number of imidazole rings is 1. The maximum atomic E-state index is 11.4. The van der Waals surface area contributed by atoms with Crippen molar-refractivity contribution in [2.45, 2.75) is 25.4 Å². The van der Waals surface area contributed by atoms with E-state index >= 15 is 0 Å². The number of nitrogens with one attached hydrogen (secondary N) is 2. The summed E-state index contributed by atoms with van der Waals surface area (Å²) in [5.41, 5.74) is 9.58. The third-order valence-electron chi connectivity index (χ3n) is 4.84. The molecule has 1 aliphatic carbocycles. The minimum absolute atomic E-state index is 0.232. The molecule has 0 bridgehead atoms. The van der Waals surface area contributed by atoms with E-state index in [0.29, 0.717) is 23.5 Å². The lowest BCUT2D eigenvalue weighted by Crippen LogP contribution is -2.19. The van der Waals surface area contributed by atoms with Crippen molar-refractivity contribution in [1.29, 1.82) is 0 Å². The van der Waals surface area contributed by atoms with Gasteiger partial charge in [0.05, 0.1) is 17.9 Å². The third-order valence-corrected chi connectivity index (χ3v) is 4.84. The number of benzene rings is 1. The second-order valence-electron chi connectivity index (χ2n) is 7.09. The van der Waals surface area contributed by atoms with Gasteiger partial charge in [-0.05, 0) is 30.5 Å². The molecule has 4 aromatic rings. The average Bonchev–Trinajstić information content (AvgIpc) is 3.36. The van der Waals surface area contributed by atoms with E-state index < -0.39 is 5.69 Å². The van der Waals surface area contributed by atoms with Crippen LogP contribution in [0.4, 0.5) is 0 Å². The standard InChI is InChI=1S/C20H19N7O2/c21-9-11-2-1-3-12(6-11)15-8-17(23-14-4-5-14)27-18(24-15)13(10-22-27)7-16-19(28)26-20(29)25-16/h1-3,6-8,10,14,28H,4-5,9,21H2,(H2,25,26,29). The first-order valence-corrected chi connectivity index (χ1v) is 9.36. The Balaban J connectivity index is 1.77. The molecule has 1 aromatic carbocycles. The molecule has 9 heteroatoms. The van der Waals surface area contributed by atoms with Crippen LogP contribution in [-0.4, -0.2) is 35.7 Å². The van der Waals surface area contributed by atoms with Gasteiger partial charge in [0.1, 0.15) is 5.69 Å². The first kappa shape index (κ1) is 17.4. The number of H-pyrrole nitrogens is 2. The lowest BCUT2D eigenvalue weighted by Gasteiger charge is -2.05. The predicted molar refractivity (Wildman–Crippen MR) is 107 cm³/mol. The van der Waals surface area contributed by atoms with Crippen LogP contribution in [0.15, 0.2) is 46.3 Å². The van der Waals surface area contributed by atoms with Gasteiger partial charge in [0.2, 0.25) is 5.88 Å². The summed E-state index contributed by atoms with van der Waals surface area (Å²) in [6, 6.07) is 10.1. The maximum Gasteiger partial charge on any atom is 0.326 e. The Morgan fingerprint density at radius 3 is 2.90 bits per heavy atom. The Morgan fingerprint density at radius 1 is 1.31 bits per heavy atom. The van der Waals surface area contributed by atoms with Crippen molar-refractivity contribution in [1.82, 2.24) is 24.6 Å². The zero-order chi connectivity index (χ0) is 20.0. The monoisotopic (exact) mass is 389 g/mol. The molecule has 0 spiro atoms. The Morgan fingerprint density at radius 2 is 2.17 bits per heavy atom. The fraction of sp³-hybridized carbons (Fsp3) is 0.200. The van der Waals surface area contributed by atoms with Gasteiger partial charge < -0.3 is 15.8 Å². The molecular formula is C20H19N7O2. The van der Waals surface area contributed by atoms with Crippen LogP contribution in [-0.2, 0) is 6.54 Å². The number of aromatic nitrogens is 5. The third kappa shape index (κ3) is 3.32. The van der Waals surface area contributed by atoms with Gasteiger partial charge >= 0.3 is 5.69 Å². The molecule has 0 aliphatic heterocycles. The van der Waals surface area contributed by atoms with E-state index in [1.165, 1.54) is 0 Å². The molecule has 0 saturated heterocycles. The maximum absolute atomic E-state index is 11.4. The number of nitrogens with zero attached hydrogens (tertiary/aromatic N) is 4. The SMILES string of the molecule is NCc1cccc(-c2cc(=NC3CC3)n3ncc(=Cc4[nH]c(=O)[nH]c4O)c3n2)c1. The van der Waals surface area contributed by atoms with E-state index in [2.05, 4.69) is 15.1 Å². The summed E-state index contributed by atoms with van der Waals surface area (Å²) in [6.45, 7) is 0.446. The first-order chi connectivity index (χ1) is 14.1. The molecule has 3 aromatic heterocycles. The summed E-state index contributed by atoms with van der Waals surface area (Å²) >= 11 is 0. The number of hydrogen-bond acceptors (Lipinski definition) is 6. The molecule has 1 fully saturated rings. The van der Waals surface area contributed by atoms with Gasteiger partial charge in [0, 0.05) is 23.4 Å². The highest BCUT2D eigenvalue weighted by molar-refractivity contribution is 5.64. The van der Waals surface area contributed by atoms with Crippen LogP contribution in [0.1, 0.15) is 24.1 Å². The lowest BCUT2D eigenvalue weighted by atomic mass is 10.1. The zero-order valence-corrected chi connectivity index (χ0v) is 15.5. The number of aromatic hydroxyl groups is 1. The Hall–Kier alpha value is -3.72. The molecule has 1 aliphatic rings. The second-order valence-corrected chi connectivity index (χ2v) is 7.09. The highest BCUT2D eigenvalue weighted by Crippen LogP contribution is 2.23. The highest BCUT2D eigenvalue weighted by Gasteiger charge is 2.20. The first-order valence-electron chi connectivity index (χ1n) is 9.36. The summed E-state index contributed by atoms with van der Waals surface area (Å²) in [5, 5.41) is 15.0. The predicted octanol–water partition coefficient (Wildman–Crippen LogP) is 0.188. The van der Waals surface area contributed by atoms with Gasteiger partial charge in [-0.3, -0.25) is 9.98 Å². The van der Waals surface area contributed by atoms with Crippen LogP contribution in [0.3, 0.4) is 0 Å². The quantitative estimate of drug-likeness (QED) is 0.395. The van der Waals surface area contributed by atoms with E-state index in [1.807, 2.05) is 30.3 Å². The van der Waals surface area contributed by atoms with Crippen molar-refractivity contribution in [3.05, 3.63) is 69.0 Å². The molecule has 1 saturated carbocycles. The van der Waals surface area contributed by atoms with Gasteiger partial charge in [-0.1, -0.05) is 18.2 Å². The van der Waals surface area contributed by atoms with E-state index in [0.717, 1.165) is 35.2 Å². The average molecular weight is 389 g/mol. The van der Waals surface area contributed by atoms with Crippen LogP contribution < -0.4 is 22.1 Å². The van der Waals surface area contributed by atoms with Crippen LogP contribution in [0.2, 0.25) is 0 Å². The van der Waals surface area contributed by atoms with Gasteiger partial charge in [-0.25, -0.2) is 9.78 Å². The summed E-state index contributed by atoms with van der Waals surface area (Å²) < 4.78 is 1.68. The molecule has 0 amide bonds. The van der Waals surface area contributed by atoms with Gasteiger partial charge in [-0.2, -0.15) is 9.61 Å². The van der Waals surface area contributed by atoms with Crippen LogP contribution in [0, 0.1) is 0 Å². The molecule has 0 atom stereocenters. The molecule has 9 nitrogen and oxygen atoms in total. The summed E-state index contributed by atoms with van der Waals surface area (Å²) in [7, 11) is 0. The second kappa shape index (κ2) is 6.71. The summed E-state index contributed by atoms with van der Waals surface area (Å²) in [6.07, 6.45) is 5.41. The molecule has 5 N–H and O–H groups in total. The largest absolute Gasteiger partial charge is 0.493 e. The minimum Gasteiger partial charge on any atom is -0.493 e. The van der Waals surface area contributed by atoms with Crippen molar-refractivity contribution in [2.75, 3.05) is 0 Å². The van der Waals surface area contributed by atoms with Crippen molar-refractivity contribution in [2.24, 2.45) is 10.7 Å². The van der Waals surface area contributed by atoms with E-state index in [9.17, 15) is 9.90 Å². The van der Waals surface area contributed by atoms with Gasteiger partial charge in [0.15, 0.2) is 11.1 Å². The van der Waals surface area contributed by atoms with Crippen molar-refractivity contribution < 1.29 is 5.11 Å². The van der Waals surface area contributed by atoms with E-state index in [-0.39, 0.29) is 11.6 Å². The number of hydrogen-bond donors (Lipinski definition) is 4. The molecule has 146 valence electrons. The van der Waals surface area contributed by atoms with E-state index in [4.69, 9.17) is 15.7 Å². The lowest BCUT2D eigenvalue weighted by molar-refractivity contribution is 0.454. The van der Waals surface area contributed by atoms with Crippen molar-refractivity contribution in [3.8, 4) is 17.1 Å². The van der Waals surface area contributed by atoms with Gasteiger partial charge in [-0.15, -0.1) is 0 Å². The Labute approximate surface area is 164 Å². The van der Waals surface area contributed by atoms with Gasteiger partial charge in [0.25, 0.3) is 0 Å². The topological polar surface area (TPSA) is 137 Å². The molecule has 0 unspecified atom stereocenters. The fourth-order valence-electron chi connectivity index (χ4n) is 3.20. The zero-order valence-electron chi connectivity index (χ0n) is 15.5. The molecule has 0 radical (unpaired) electrons. The molecule has 5 rings (SSSR count). The fourth-order valence-corrected chi connectivity index (χ4v) is 3.20. The summed E-state index contributed by atoms with van der Waals surface area (Å²) in [4.78, 5) is 25.8. The van der Waals surface area contributed by atoms with E-state index in [1.54, 1.807) is 16.8 Å². The number of rotatable bonds is 4. The normalized spacial score (nSPS) is 15.5. The van der Waals surface area contributed by atoms with Crippen LogP contribution in [0.5, 0.6) is 5.88 Å². The van der Waals surface area contributed by atoms with Crippen LogP contribution >= 0.6 is 0 Å². The van der Waals surface area contributed by atoms with Crippen LogP contribution in [0.25, 0.3) is 23.0 Å². The summed E-state index contributed by atoms with van der Waals surface area (Å²) in [5.74, 6) is -0.232. The van der Waals surface area contributed by atoms with Crippen molar-refractivity contribution in [3.63, 3.8) is 0 Å². The number of fused-ring (bicyclic) bond motifs is 1. The number of nitrogens with two attached hydrogens (primary N) is 1.